The lowest BCUT2D eigenvalue weighted by molar-refractivity contribution is 0.102. The molecule has 0 saturated carbocycles. The summed E-state index contributed by atoms with van der Waals surface area (Å²) >= 11 is 0. The number of benzene rings is 2. The van der Waals surface area contributed by atoms with E-state index in [1.165, 1.54) is 6.33 Å². The number of nitrogens with zero attached hydrogens (tertiary/aromatic N) is 4. The zero-order valence-electron chi connectivity index (χ0n) is 16.2. The van der Waals surface area contributed by atoms with Crippen molar-refractivity contribution < 1.29 is 14.3 Å². The quantitative estimate of drug-likeness (QED) is 0.601. The Morgan fingerprint density at radius 1 is 1.21 bits per heavy atom. The highest BCUT2D eigenvalue weighted by molar-refractivity contribution is 6.05. The molecule has 0 aliphatic rings. The molecule has 0 fully saturated rings. The van der Waals surface area contributed by atoms with Crippen LogP contribution in [0.3, 0.4) is 0 Å². The van der Waals surface area contributed by atoms with Crippen LogP contribution in [0.25, 0.3) is 5.69 Å². The Bertz CT molecular complexity index is 941. The maximum atomic E-state index is 12.8. The van der Waals surface area contributed by atoms with Gasteiger partial charge in [0.2, 0.25) is 0 Å². The molecule has 8 heteroatoms. The fraction of sp³-hybridized carbons (Fsp3) is 0.300. The van der Waals surface area contributed by atoms with Gasteiger partial charge in [-0.2, -0.15) is 0 Å². The Kier molecular flexibility index (Phi) is 6.21. The molecular weight excluding hydrogens is 358 g/mol. The highest BCUT2D eigenvalue weighted by Crippen LogP contribution is 2.30. The summed E-state index contributed by atoms with van der Waals surface area (Å²) in [6, 6.07) is 10.7. The summed E-state index contributed by atoms with van der Waals surface area (Å²) in [5.41, 5.74) is 2.79. The lowest BCUT2D eigenvalue weighted by atomic mass is 10.1. The number of rotatable bonds is 8. The van der Waals surface area contributed by atoms with Crippen molar-refractivity contribution in [2.24, 2.45) is 0 Å². The summed E-state index contributed by atoms with van der Waals surface area (Å²) in [7, 11) is 1.58. The Morgan fingerprint density at radius 3 is 2.75 bits per heavy atom. The van der Waals surface area contributed by atoms with Gasteiger partial charge < -0.3 is 14.8 Å². The largest absolute Gasteiger partial charge is 0.497 e. The molecular formula is C20H23N5O3. The van der Waals surface area contributed by atoms with Crippen LogP contribution in [0.15, 0.2) is 42.7 Å². The van der Waals surface area contributed by atoms with Crippen molar-refractivity contribution in [3.8, 4) is 17.2 Å². The molecule has 3 aromatic rings. The topological polar surface area (TPSA) is 91.2 Å². The van der Waals surface area contributed by atoms with Crippen LogP contribution in [0.5, 0.6) is 11.5 Å². The number of tetrazole rings is 1. The zero-order chi connectivity index (χ0) is 19.9. The fourth-order valence-corrected chi connectivity index (χ4v) is 2.71. The number of hydrogen-bond acceptors (Lipinski definition) is 6. The fourth-order valence-electron chi connectivity index (χ4n) is 2.71. The van der Waals surface area contributed by atoms with Gasteiger partial charge in [0, 0.05) is 11.6 Å². The van der Waals surface area contributed by atoms with Crippen molar-refractivity contribution >= 4 is 11.6 Å². The van der Waals surface area contributed by atoms with Gasteiger partial charge in [0.1, 0.15) is 17.8 Å². The first-order chi connectivity index (χ1) is 13.6. The van der Waals surface area contributed by atoms with E-state index in [1.54, 1.807) is 36.1 Å². The summed E-state index contributed by atoms with van der Waals surface area (Å²) in [5.74, 6) is 1.02. The first-order valence-corrected chi connectivity index (χ1v) is 9.08. The number of methoxy groups -OCH3 is 1. The Hall–Kier alpha value is -3.42. The van der Waals surface area contributed by atoms with E-state index in [-0.39, 0.29) is 5.91 Å². The van der Waals surface area contributed by atoms with Gasteiger partial charge in [-0.3, -0.25) is 4.79 Å². The number of ether oxygens (including phenoxy) is 2. The van der Waals surface area contributed by atoms with E-state index in [0.717, 1.165) is 24.1 Å². The number of hydrogen-bond donors (Lipinski definition) is 1. The normalized spacial score (nSPS) is 10.5. The Labute approximate surface area is 163 Å². The third-order valence-electron chi connectivity index (χ3n) is 4.25. The lowest BCUT2D eigenvalue weighted by Gasteiger charge is -2.14. The van der Waals surface area contributed by atoms with E-state index in [4.69, 9.17) is 9.47 Å². The van der Waals surface area contributed by atoms with Crippen molar-refractivity contribution in [2.75, 3.05) is 19.0 Å². The molecule has 0 atom stereocenters. The molecule has 1 aromatic heterocycles. The molecule has 8 nitrogen and oxygen atoms in total. The molecule has 0 spiro atoms. The Balaban J connectivity index is 1.81. The van der Waals surface area contributed by atoms with Crippen molar-refractivity contribution in [1.82, 2.24) is 20.2 Å². The number of nitrogens with one attached hydrogen (secondary N) is 1. The molecule has 0 aliphatic heterocycles. The van der Waals surface area contributed by atoms with Crippen LogP contribution < -0.4 is 14.8 Å². The molecule has 3 rings (SSSR count). The third kappa shape index (κ3) is 4.46. The number of carbonyl (C=O) groups is 1. The van der Waals surface area contributed by atoms with E-state index >= 15 is 0 Å². The molecule has 2 aromatic carbocycles. The van der Waals surface area contributed by atoms with Gasteiger partial charge in [-0.05, 0) is 59.7 Å². The van der Waals surface area contributed by atoms with E-state index in [9.17, 15) is 4.79 Å². The predicted molar refractivity (Wildman–Crippen MR) is 105 cm³/mol. The summed E-state index contributed by atoms with van der Waals surface area (Å²) in [6.45, 7) is 4.59. The van der Waals surface area contributed by atoms with Gasteiger partial charge in [-0.15, -0.1) is 5.10 Å². The maximum absolute atomic E-state index is 12.8. The summed E-state index contributed by atoms with van der Waals surface area (Å²) in [5, 5.41) is 14.1. The van der Waals surface area contributed by atoms with Crippen LogP contribution in [0.4, 0.5) is 5.69 Å². The molecule has 0 unspecified atom stereocenters. The van der Waals surface area contributed by atoms with Crippen LogP contribution in [0, 0.1) is 6.92 Å². The number of amides is 1. The number of unbranched alkanes of at least 4 members (excludes halogenated alkanes) is 1. The van der Waals surface area contributed by atoms with E-state index in [2.05, 4.69) is 27.8 Å². The number of aryl methyl sites for hydroxylation is 1. The van der Waals surface area contributed by atoms with Gasteiger partial charge in [0.05, 0.1) is 25.1 Å². The first kappa shape index (κ1) is 19.3. The minimum Gasteiger partial charge on any atom is -0.497 e. The number of aromatic nitrogens is 4. The maximum Gasteiger partial charge on any atom is 0.255 e. The van der Waals surface area contributed by atoms with Gasteiger partial charge >= 0.3 is 0 Å². The SMILES string of the molecule is CCCCOc1ccc(OC)cc1NC(=O)c1ccc(-n2cnnn2)c(C)c1. The van der Waals surface area contributed by atoms with Gasteiger partial charge in [-0.25, -0.2) is 4.68 Å². The molecule has 146 valence electrons. The zero-order valence-corrected chi connectivity index (χ0v) is 16.2. The van der Waals surface area contributed by atoms with E-state index < -0.39 is 0 Å². The van der Waals surface area contributed by atoms with E-state index in [0.29, 0.717) is 29.4 Å². The highest BCUT2D eigenvalue weighted by Gasteiger charge is 2.13. The Morgan fingerprint density at radius 2 is 2.07 bits per heavy atom. The van der Waals surface area contributed by atoms with Crippen molar-refractivity contribution in [1.29, 1.82) is 0 Å². The molecule has 0 aliphatic carbocycles. The standard InChI is InChI=1S/C20H23N5O3/c1-4-5-10-28-19-9-7-16(27-3)12-17(19)22-20(26)15-6-8-18(14(2)11-15)25-13-21-23-24-25/h6-9,11-13H,4-5,10H2,1-3H3,(H,22,26). The van der Waals surface area contributed by atoms with Gasteiger partial charge in [0.15, 0.2) is 0 Å². The second kappa shape index (κ2) is 8.98. The average molecular weight is 381 g/mol. The third-order valence-corrected chi connectivity index (χ3v) is 4.25. The minimum atomic E-state index is -0.236. The molecule has 0 saturated heterocycles. The molecule has 28 heavy (non-hydrogen) atoms. The summed E-state index contributed by atoms with van der Waals surface area (Å²) < 4.78 is 12.6. The second-order valence-electron chi connectivity index (χ2n) is 6.27. The summed E-state index contributed by atoms with van der Waals surface area (Å²) in [6.07, 6.45) is 3.49. The number of carbonyl (C=O) groups excluding carboxylic acids is 1. The molecule has 0 bridgehead atoms. The van der Waals surface area contributed by atoms with Crippen LogP contribution in [-0.2, 0) is 0 Å². The molecule has 1 amide bonds. The van der Waals surface area contributed by atoms with Crippen LogP contribution >= 0.6 is 0 Å². The van der Waals surface area contributed by atoms with Crippen LogP contribution in [0.1, 0.15) is 35.7 Å². The number of anilines is 1. The van der Waals surface area contributed by atoms with Crippen LogP contribution in [0.2, 0.25) is 0 Å². The smallest absolute Gasteiger partial charge is 0.255 e. The molecule has 0 radical (unpaired) electrons. The predicted octanol–water partition coefficient (Wildman–Crippen LogP) is 3.41. The van der Waals surface area contributed by atoms with E-state index in [1.807, 2.05) is 19.1 Å². The second-order valence-corrected chi connectivity index (χ2v) is 6.27. The highest BCUT2D eigenvalue weighted by atomic mass is 16.5. The monoisotopic (exact) mass is 381 g/mol. The lowest BCUT2D eigenvalue weighted by Crippen LogP contribution is -2.14. The minimum absolute atomic E-state index is 0.236. The first-order valence-electron chi connectivity index (χ1n) is 9.08. The van der Waals surface area contributed by atoms with Crippen molar-refractivity contribution in [3.63, 3.8) is 0 Å². The molecule has 1 heterocycles. The molecule has 1 N–H and O–H groups in total. The van der Waals surface area contributed by atoms with Crippen molar-refractivity contribution in [3.05, 3.63) is 53.9 Å². The van der Waals surface area contributed by atoms with Gasteiger partial charge in [-0.1, -0.05) is 13.3 Å². The summed E-state index contributed by atoms with van der Waals surface area (Å²) in [4.78, 5) is 12.8. The van der Waals surface area contributed by atoms with Crippen LogP contribution in [-0.4, -0.2) is 39.8 Å². The average Bonchev–Trinajstić information content (AvgIpc) is 3.23. The van der Waals surface area contributed by atoms with Crippen molar-refractivity contribution in [2.45, 2.75) is 26.7 Å². The van der Waals surface area contributed by atoms with Gasteiger partial charge in [0.25, 0.3) is 5.91 Å².